The Hall–Kier alpha value is -1.22. The van der Waals surface area contributed by atoms with E-state index in [0.29, 0.717) is 31.6 Å². The Kier molecular flexibility index (Phi) is 6.56. The smallest absolute Gasteiger partial charge is 0.193 e. The van der Waals surface area contributed by atoms with E-state index < -0.39 is 0 Å². The fourth-order valence-corrected chi connectivity index (χ4v) is 2.38. The zero-order valence-electron chi connectivity index (χ0n) is 12.4. The third-order valence-corrected chi connectivity index (χ3v) is 3.56. The minimum Gasteiger partial charge on any atom is -0.490 e. The molecule has 0 saturated carbocycles. The summed E-state index contributed by atoms with van der Waals surface area (Å²) in [5, 5.41) is 3.09. The molecule has 6 nitrogen and oxygen atoms in total. The standard InChI is InChI=1S/C15H21N3O3.HI/c16-15(17-9-11-4-7-19-10-11)18-12-2-3-13-14(8-12)21-6-1-5-20-13;/h2-3,8,11H,1,4-7,9-10H2,(H3,16,17,18);1H. The molecule has 2 heterocycles. The number of halogens is 1. The maximum absolute atomic E-state index is 5.92. The van der Waals surface area contributed by atoms with Crippen LogP contribution in [-0.2, 0) is 4.74 Å². The zero-order valence-corrected chi connectivity index (χ0v) is 14.7. The van der Waals surface area contributed by atoms with Crippen molar-refractivity contribution >= 4 is 35.6 Å². The van der Waals surface area contributed by atoms with Crippen LogP contribution in [0.2, 0.25) is 0 Å². The molecule has 22 heavy (non-hydrogen) atoms. The monoisotopic (exact) mass is 419 g/mol. The number of rotatable bonds is 3. The van der Waals surface area contributed by atoms with Gasteiger partial charge in [-0.15, -0.1) is 24.0 Å². The van der Waals surface area contributed by atoms with E-state index in [1.807, 2.05) is 18.2 Å². The SMILES string of the molecule is I.NC(=NCC1CCOC1)Nc1ccc2c(c1)OCCCO2. The Morgan fingerprint density at radius 1 is 1.23 bits per heavy atom. The van der Waals surface area contributed by atoms with Crippen LogP contribution in [0.4, 0.5) is 5.69 Å². The first-order chi connectivity index (χ1) is 10.3. The van der Waals surface area contributed by atoms with Crippen LogP contribution in [0.15, 0.2) is 23.2 Å². The van der Waals surface area contributed by atoms with E-state index in [1.54, 1.807) is 0 Å². The first-order valence-corrected chi connectivity index (χ1v) is 7.35. The van der Waals surface area contributed by atoms with Crippen molar-refractivity contribution in [2.24, 2.45) is 16.6 Å². The van der Waals surface area contributed by atoms with Crippen LogP contribution in [0.5, 0.6) is 11.5 Å². The molecule has 1 fully saturated rings. The molecular formula is C15H22IN3O3. The normalized spacial score (nSPS) is 20.9. The molecule has 0 amide bonds. The minimum atomic E-state index is 0. The molecule has 2 aliphatic heterocycles. The molecule has 0 aromatic heterocycles. The van der Waals surface area contributed by atoms with Crippen molar-refractivity contribution in [3.63, 3.8) is 0 Å². The number of nitrogens with two attached hydrogens (primary N) is 1. The van der Waals surface area contributed by atoms with E-state index in [2.05, 4.69) is 10.3 Å². The van der Waals surface area contributed by atoms with Crippen LogP contribution >= 0.6 is 24.0 Å². The summed E-state index contributed by atoms with van der Waals surface area (Å²) in [5.41, 5.74) is 6.77. The molecule has 1 aromatic rings. The quantitative estimate of drug-likeness (QED) is 0.447. The van der Waals surface area contributed by atoms with Crippen molar-refractivity contribution in [2.75, 3.05) is 38.3 Å². The number of fused-ring (bicyclic) bond motifs is 1. The van der Waals surface area contributed by atoms with Crippen molar-refractivity contribution in [1.29, 1.82) is 0 Å². The van der Waals surface area contributed by atoms with Crippen molar-refractivity contribution in [3.05, 3.63) is 18.2 Å². The molecular weight excluding hydrogens is 397 g/mol. The summed E-state index contributed by atoms with van der Waals surface area (Å²) in [6.07, 6.45) is 1.95. The van der Waals surface area contributed by atoms with Gasteiger partial charge in [0.25, 0.3) is 0 Å². The van der Waals surface area contributed by atoms with Crippen molar-refractivity contribution in [1.82, 2.24) is 0 Å². The molecule has 1 atom stereocenters. The number of benzene rings is 1. The Balaban J connectivity index is 0.00000176. The number of nitrogens with zero attached hydrogens (tertiary/aromatic N) is 1. The Morgan fingerprint density at radius 2 is 2.05 bits per heavy atom. The fourth-order valence-electron chi connectivity index (χ4n) is 2.38. The van der Waals surface area contributed by atoms with Crippen LogP contribution in [0, 0.1) is 5.92 Å². The Morgan fingerprint density at radius 3 is 2.82 bits per heavy atom. The lowest BCUT2D eigenvalue weighted by Gasteiger charge is -2.11. The van der Waals surface area contributed by atoms with Crippen LogP contribution in [-0.4, -0.2) is 38.9 Å². The summed E-state index contributed by atoms with van der Waals surface area (Å²) in [6.45, 7) is 3.66. The van der Waals surface area contributed by atoms with Gasteiger partial charge in [-0.1, -0.05) is 0 Å². The van der Waals surface area contributed by atoms with Gasteiger partial charge < -0.3 is 25.3 Å². The lowest BCUT2D eigenvalue weighted by molar-refractivity contribution is 0.187. The summed E-state index contributed by atoms with van der Waals surface area (Å²) < 4.78 is 16.6. The lowest BCUT2D eigenvalue weighted by Crippen LogP contribution is -2.24. The van der Waals surface area contributed by atoms with Crippen LogP contribution in [0.3, 0.4) is 0 Å². The van der Waals surface area contributed by atoms with Gasteiger partial charge in [0.05, 0.1) is 19.8 Å². The summed E-state index contributed by atoms with van der Waals surface area (Å²) in [5.74, 6) is 2.41. The molecule has 0 spiro atoms. The van der Waals surface area contributed by atoms with Crippen LogP contribution in [0.25, 0.3) is 0 Å². The highest BCUT2D eigenvalue weighted by molar-refractivity contribution is 14.0. The number of anilines is 1. The van der Waals surface area contributed by atoms with E-state index >= 15 is 0 Å². The number of ether oxygens (including phenoxy) is 3. The summed E-state index contributed by atoms with van der Waals surface area (Å²) in [6, 6.07) is 5.69. The molecule has 3 rings (SSSR count). The van der Waals surface area contributed by atoms with Gasteiger partial charge in [0.2, 0.25) is 0 Å². The van der Waals surface area contributed by atoms with E-state index in [-0.39, 0.29) is 24.0 Å². The van der Waals surface area contributed by atoms with E-state index in [0.717, 1.165) is 43.2 Å². The Bertz CT molecular complexity index is 519. The second kappa shape index (κ2) is 8.42. The lowest BCUT2D eigenvalue weighted by atomic mass is 10.1. The number of aliphatic imine (C=N–C) groups is 1. The molecule has 1 unspecified atom stereocenters. The highest BCUT2D eigenvalue weighted by atomic mass is 127. The average molecular weight is 419 g/mol. The van der Waals surface area contributed by atoms with Crippen molar-refractivity contribution in [3.8, 4) is 11.5 Å². The van der Waals surface area contributed by atoms with Crippen molar-refractivity contribution < 1.29 is 14.2 Å². The van der Waals surface area contributed by atoms with Gasteiger partial charge in [-0.2, -0.15) is 0 Å². The number of hydrogen-bond acceptors (Lipinski definition) is 4. The third kappa shape index (κ3) is 4.64. The predicted octanol–water partition coefficient (Wildman–Crippen LogP) is 2.23. The molecule has 7 heteroatoms. The highest BCUT2D eigenvalue weighted by Gasteiger charge is 2.15. The summed E-state index contributed by atoms with van der Waals surface area (Å²) >= 11 is 0. The first-order valence-electron chi connectivity index (χ1n) is 7.35. The maximum Gasteiger partial charge on any atom is 0.193 e. The molecule has 1 saturated heterocycles. The molecule has 0 radical (unpaired) electrons. The third-order valence-electron chi connectivity index (χ3n) is 3.56. The van der Waals surface area contributed by atoms with Crippen LogP contribution in [0.1, 0.15) is 12.8 Å². The largest absolute Gasteiger partial charge is 0.490 e. The second-order valence-electron chi connectivity index (χ2n) is 5.29. The number of guanidine groups is 1. The first kappa shape index (κ1) is 17.1. The highest BCUT2D eigenvalue weighted by Crippen LogP contribution is 2.32. The topological polar surface area (TPSA) is 78.1 Å². The van der Waals surface area contributed by atoms with Gasteiger partial charge >= 0.3 is 0 Å². The van der Waals surface area contributed by atoms with E-state index in [1.165, 1.54) is 0 Å². The molecule has 2 aliphatic rings. The van der Waals surface area contributed by atoms with Gasteiger partial charge in [-0.25, -0.2) is 0 Å². The fraction of sp³-hybridized carbons (Fsp3) is 0.533. The Labute approximate surface area is 147 Å². The van der Waals surface area contributed by atoms with Crippen molar-refractivity contribution in [2.45, 2.75) is 12.8 Å². The van der Waals surface area contributed by atoms with E-state index in [9.17, 15) is 0 Å². The van der Waals surface area contributed by atoms with Crippen LogP contribution < -0.4 is 20.5 Å². The van der Waals surface area contributed by atoms with Gasteiger partial charge in [0, 0.05) is 37.2 Å². The van der Waals surface area contributed by atoms with Gasteiger partial charge in [-0.3, -0.25) is 4.99 Å². The second-order valence-corrected chi connectivity index (χ2v) is 5.29. The zero-order chi connectivity index (χ0) is 14.5. The average Bonchev–Trinajstić information content (AvgIpc) is 2.90. The predicted molar refractivity (Wildman–Crippen MR) is 96.5 cm³/mol. The molecule has 122 valence electrons. The van der Waals surface area contributed by atoms with Gasteiger partial charge in [0.1, 0.15) is 0 Å². The molecule has 0 aliphatic carbocycles. The molecule has 0 bridgehead atoms. The summed E-state index contributed by atoms with van der Waals surface area (Å²) in [7, 11) is 0. The van der Waals surface area contributed by atoms with Gasteiger partial charge in [-0.05, 0) is 18.6 Å². The minimum absolute atomic E-state index is 0. The maximum atomic E-state index is 5.92. The molecule has 3 N–H and O–H groups in total. The molecule has 1 aromatic carbocycles. The number of hydrogen-bond donors (Lipinski definition) is 2. The summed E-state index contributed by atoms with van der Waals surface area (Å²) in [4.78, 5) is 4.36. The number of nitrogens with one attached hydrogen (secondary N) is 1. The van der Waals surface area contributed by atoms with E-state index in [4.69, 9.17) is 19.9 Å². The van der Waals surface area contributed by atoms with Gasteiger partial charge in [0.15, 0.2) is 17.5 Å².